The summed E-state index contributed by atoms with van der Waals surface area (Å²) in [5.74, 6) is -3.15. The molecule has 1 aliphatic carbocycles. The van der Waals surface area contributed by atoms with Gasteiger partial charge in [0.15, 0.2) is 11.5 Å². The number of phenols is 1. The second kappa shape index (κ2) is 11.2. The molecule has 13 heteroatoms. The lowest BCUT2D eigenvalue weighted by Gasteiger charge is -2.47. The predicted molar refractivity (Wildman–Crippen MR) is 171 cm³/mol. The van der Waals surface area contributed by atoms with E-state index in [0.29, 0.717) is 27.4 Å². The highest BCUT2D eigenvalue weighted by atomic mass is 35.5. The summed E-state index contributed by atoms with van der Waals surface area (Å²) in [6.45, 7) is 0.0825. The number of aromatic nitrogens is 3. The summed E-state index contributed by atoms with van der Waals surface area (Å²) in [7, 11) is 2.83. The lowest BCUT2D eigenvalue weighted by atomic mass is 9.54. The average Bonchev–Trinajstić information content (AvgIpc) is 3.42. The predicted octanol–water partition coefficient (Wildman–Crippen LogP) is 4.02. The number of hydrogen-bond donors (Lipinski definition) is 2. The first-order valence-corrected chi connectivity index (χ1v) is 15.2. The quantitative estimate of drug-likeness (QED) is 0.237. The van der Waals surface area contributed by atoms with Crippen LogP contribution in [-0.2, 0) is 28.6 Å². The van der Waals surface area contributed by atoms with Crippen molar-refractivity contribution in [1.29, 1.82) is 0 Å². The Kier molecular flexibility index (Phi) is 7.20. The molecule has 2 fully saturated rings. The number of allylic oxidation sites excluding steroid dienone is 3. The fourth-order valence-electron chi connectivity index (χ4n) is 7.28. The number of fused-ring (bicyclic) bond motifs is 4. The number of halogens is 2. The number of amides is 2. The third-order valence-electron chi connectivity index (χ3n) is 9.46. The van der Waals surface area contributed by atoms with Crippen LogP contribution in [0.4, 0.5) is 10.1 Å². The van der Waals surface area contributed by atoms with E-state index in [1.54, 1.807) is 42.5 Å². The van der Waals surface area contributed by atoms with E-state index in [2.05, 4.69) is 5.43 Å². The summed E-state index contributed by atoms with van der Waals surface area (Å²) in [6.07, 6.45) is 5.48. The van der Waals surface area contributed by atoms with Crippen molar-refractivity contribution in [3.63, 3.8) is 0 Å². The van der Waals surface area contributed by atoms with Crippen LogP contribution in [0.2, 0.25) is 5.02 Å². The zero-order chi connectivity index (χ0) is 33.2. The Labute approximate surface area is 272 Å². The smallest absolute Gasteiger partial charge is 0.347 e. The van der Waals surface area contributed by atoms with Gasteiger partial charge in [-0.2, -0.15) is 5.01 Å². The molecule has 11 nitrogen and oxygen atoms in total. The number of hydrogen-bond acceptors (Lipinski definition) is 7. The van der Waals surface area contributed by atoms with Gasteiger partial charge in [-0.3, -0.25) is 15.0 Å². The average molecular weight is 658 g/mol. The van der Waals surface area contributed by atoms with Crippen LogP contribution in [0.5, 0.6) is 11.5 Å². The molecule has 47 heavy (non-hydrogen) atoms. The Morgan fingerprint density at radius 3 is 2.45 bits per heavy atom. The molecule has 7 rings (SSSR count). The summed E-state index contributed by atoms with van der Waals surface area (Å²) in [5.41, 5.74) is 2.57. The van der Waals surface area contributed by atoms with E-state index in [1.807, 2.05) is 12.2 Å². The number of ether oxygens (including phenoxy) is 1. The van der Waals surface area contributed by atoms with Gasteiger partial charge >= 0.3 is 11.4 Å². The van der Waals surface area contributed by atoms with Crippen LogP contribution in [0.25, 0.3) is 6.08 Å². The number of methoxy groups -OCH3 is 1. The van der Waals surface area contributed by atoms with Gasteiger partial charge in [0.05, 0.1) is 36.7 Å². The van der Waals surface area contributed by atoms with Gasteiger partial charge in [0.1, 0.15) is 5.82 Å². The maximum Gasteiger partial charge on any atom is 0.347 e. The molecule has 1 saturated heterocycles. The van der Waals surface area contributed by atoms with Gasteiger partial charge in [-0.05, 0) is 71.7 Å². The fourth-order valence-corrected chi connectivity index (χ4v) is 7.40. The number of anilines is 1. The van der Waals surface area contributed by atoms with E-state index in [0.717, 1.165) is 9.58 Å². The van der Waals surface area contributed by atoms with Crippen molar-refractivity contribution in [2.75, 3.05) is 12.5 Å². The number of imide groups is 1. The molecule has 4 aromatic rings. The Balaban J connectivity index is 1.46. The van der Waals surface area contributed by atoms with Crippen molar-refractivity contribution in [1.82, 2.24) is 18.9 Å². The zero-order valence-corrected chi connectivity index (χ0v) is 26.0. The lowest BCUT2D eigenvalue weighted by molar-refractivity contribution is -0.138. The van der Waals surface area contributed by atoms with Gasteiger partial charge < -0.3 is 9.84 Å². The summed E-state index contributed by atoms with van der Waals surface area (Å²) < 4.78 is 22.8. The molecule has 0 spiro atoms. The van der Waals surface area contributed by atoms with Crippen molar-refractivity contribution in [3.8, 4) is 11.5 Å². The molecule has 0 radical (unpaired) electrons. The molecular formula is C34H29ClFN5O6. The summed E-state index contributed by atoms with van der Waals surface area (Å²) in [5, 5.41) is 11.6. The number of nitrogens with zero attached hydrogens (tertiary/aromatic N) is 4. The topological polar surface area (TPSA) is 128 Å². The Morgan fingerprint density at radius 2 is 1.74 bits per heavy atom. The van der Waals surface area contributed by atoms with Crippen molar-refractivity contribution < 1.29 is 23.8 Å². The van der Waals surface area contributed by atoms with Crippen LogP contribution in [0.1, 0.15) is 23.6 Å². The number of hydrazine groups is 1. The van der Waals surface area contributed by atoms with Gasteiger partial charge in [-0.15, -0.1) is 0 Å². The molecule has 0 unspecified atom stereocenters. The number of rotatable bonds is 6. The highest BCUT2D eigenvalue weighted by molar-refractivity contribution is 6.30. The summed E-state index contributed by atoms with van der Waals surface area (Å²) >= 11 is 6.29. The van der Waals surface area contributed by atoms with E-state index in [9.17, 15) is 28.7 Å². The van der Waals surface area contributed by atoms with E-state index < -0.39 is 52.3 Å². The van der Waals surface area contributed by atoms with E-state index >= 15 is 0 Å². The Hall–Kier alpha value is -5.36. The van der Waals surface area contributed by atoms with Gasteiger partial charge in [-0.25, -0.2) is 27.9 Å². The normalized spacial score (nSPS) is 23.4. The fraction of sp³-hybridized carbons (Fsp3) is 0.235. The number of nitrogens with one attached hydrogen (secondary N) is 1. The van der Waals surface area contributed by atoms with Crippen LogP contribution in [0, 0.1) is 17.7 Å². The van der Waals surface area contributed by atoms with Crippen LogP contribution in [0.15, 0.2) is 94.0 Å². The molecule has 1 aromatic heterocycles. The summed E-state index contributed by atoms with van der Waals surface area (Å²) in [4.78, 5) is 55.8. The maximum atomic E-state index is 14.9. The van der Waals surface area contributed by atoms with Crippen molar-refractivity contribution >= 4 is 35.2 Å². The largest absolute Gasteiger partial charge is 0.504 e. The zero-order valence-electron chi connectivity index (χ0n) is 25.3. The second-order valence-electron chi connectivity index (χ2n) is 11.8. The van der Waals surface area contributed by atoms with E-state index in [4.69, 9.17) is 16.3 Å². The standard InChI is InChI=1S/C34H29ClFN5O6/c1-38-32(45)39-16-15-24-25(13-3-19-4-14-28(42)29(17-19)47-2)34(20-5-7-21(35)8-6-20)26(18-27(24)41(39)33(38)46)30(43)40(31(34)44)37-23-11-9-22(36)10-12-23/h3-15,17,25-27,37,42H,16,18H2,1-2H3/t25-,26-,27+,34-/m0/s1. The Bertz CT molecular complexity index is 2120. The third kappa shape index (κ3) is 4.54. The van der Waals surface area contributed by atoms with Gasteiger partial charge in [0.2, 0.25) is 0 Å². The second-order valence-corrected chi connectivity index (χ2v) is 12.2. The molecule has 2 N–H and O–H groups in total. The molecule has 3 aromatic carbocycles. The highest BCUT2D eigenvalue weighted by Crippen LogP contribution is 2.59. The first kappa shape index (κ1) is 30.3. The first-order valence-electron chi connectivity index (χ1n) is 14.9. The molecule has 1 saturated carbocycles. The van der Waals surface area contributed by atoms with E-state index in [-0.39, 0.29) is 24.5 Å². The van der Waals surface area contributed by atoms with Gasteiger partial charge in [-0.1, -0.05) is 48.0 Å². The Morgan fingerprint density at radius 1 is 1.02 bits per heavy atom. The van der Waals surface area contributed by atoms with Crippen LogP contribution >= 0.6 is 11.6 Å². The molecule has 4 atom stereocenters. The monoisotopic (exact) mass is 657 g/mol. The number of carbonyl (C=O) groups is 2. The van der Waals surface area contributed by atoms with E-state index in [1.165, 1.54) is 53.9 Å². The molecule has 2 amide bonds. The highest BCUT2D eigenvalue weighted by Gasteiger charge is 2.68. The van der Waals surface area contributed by atoms with Crippen molar-refractivity contribution in [2.24, 2.45) is 18.9 Å². The lowest BCUT2D eigenvalue weighted by Crippen LogP contribution is -2.54. The number of benzene rings is 3. The van der Waals surface area contributed by atoms with Crippen LogP contribution in [-0.4, -0.2) is 43.0 Å². The number of aromatic hydroxyl groups is 1. The van der Waals surface area contributed by atoms with Crippen LogP contribution in [0.3, 0.4) is 0 Å². The minimum atomic E-state index is -1.50. The third-order valence-corrected chi connectivity index (χ3v) is 9.71. The minimum Gasteiger partial charge on any atom is -0.504 e. The molecule has 240 valence electrons. The molecular weight excluding hydrogens is 629 g/mol. The maximum absolute atomic E-state index is 14.9. The van der Waals surface area contributed by atoms with Crippen molar-refractivity contribution in [2.45, 2.75) is 24.4 Å². The number of carbonyl (C=O) groups excluding carboxylic acids is 2. The molecule has 3 aliphatic rings. The summed E-state index contributed by atoms with van der Waals surface area (Å²) in [6, 6.07) is 16.1. The molecule has 0 bridgehead atoms. The molecule has 2 aliphatic heterocycles. The number of phenolic OH excluding ortho intramolecular Hbond substituents is 1. The SMILES string of the molecule is COc1cc(C=C[C@H]2C3=CCn4c(=O)n(C)c(=O)n4[C@@H]3C[C@H]3C(=O)N(Nc4ccc(F)cc4)C(=O)[C@@]23c2ccc(Cl)cc2)ccc1O. The first-order chi connectivity index (χ1) is 22.6. The van der Waals surface area contributed by atoms with Gasteiger partial charge in [0, 0.05) is 18.0 Å². The van der Waals surface area contributed by atoms with Crippen molar-refractivity contribution in [3.05, 3.63) is 127 Å². The molecule has 3 heterocycles. The van der Waals surface area contributed by atoms with Crippen LogP contribution < -0.4 is 21.5 Å². The minimum absolute atomic E-state index is 0.0430. The van der Waals surface area contributed by atoms with Gasteiger partial charge in [0.25, 0.3) is 11.8 Å².